The van der Waals surface area contributed by atoms with Gasteiger partial charge < -0.3 is 14.4 Å². The number of likely N-dealkylation sites (tertiary alicyclic amines) is 1. The van der Waals surface area contributed by atoms with E-state index in [2.05, 4.69) is 4.90 Å². The van der Waals surface area contributed by atoms with Crippen LogP contribution in [0.25, 0.3) is 0 Å². The van der Waals surface area contributed by atoms with Gasteiger partial charge in [0, 0.05) is 18.7 Å². The third kappa shape index (κ3) is 5.10. The summed E-state index contributed by atoms with van der Waals surface area (Å²) in [5.74, 6) is 0.902. The number of anilines is 1. The van der Waals surface area contributed by atoms with Crippen LogP contribution in [0.5, 0.6) is 5.75 Å². The molecule has 2 aliphatic rings. The summed E-state index contributed by atoms with van der Waals surface area (Å²) in [4.78, 5) is 16.8. The van der Waals surface area contributed by atoms with Crippen molar-refractivity contribution >= 4 is 11.8 Å². The highest BCUT2D eigenvalue weighted by molar-refractivity contribution is 5.91. The van der Waals surface area contributed by atoms with Crippen molar-refractivity contribution in [1.82, 2.24) is 4.90 Å². The minimum Gasteiger partial charge on any atom is -0.493 e. The number of carbonyl (C=O) groups excluding carboxylic acids is 1. The minimum atomic E-state index is -0.296. The van der Waals surface area contributed by atoms with Crippen LogP contribution < -0.4 is 9.64 Å². The number of amides is 1. The van der Waals surface area contributed by atoms with Crippen LogP contribution >= 0.6 is 0 Å². The van der Waals surface area contributed by atoms with Crippen LogP contribution in [-0.4, -0.2) is 43.8 Å². The van der Waals surface area contributed by atoms with Crippen LogP contribution in [0, 0.1) is 0 Å². The van der Waals surface area contributed by atoms with Gasteiger partial charge in [0.1, 0.15) is 12.4 Å². The molecule has 5 nitrogen and oxygen atoms in total. The minimum absolute atomic E-state index is 0.290. The fraction of sp³-hybridized carbons (Fsp3) is 0.458. The van der Waals surface area contributed by atoms with Gasteiger partial charge in [0.05, 0.1) is 12.3 Å². The standard InChI is InChI=1S/C24H30N2O3/c27-24(29-19-20-9-3-1-4-10-20)26-17-13-21-22(26)11-7-12-23(21)28-18-8-16-25-14-5-2-6-15-25/h1,3-4,7,9-12H,2,5-6,8,13-19H2. The molecule has 1 amide bonds. The summed E-state index contributed by atoms with van der Waals surface area (Å²) in [5.41, 5.74) is 3.02. The summed E-state index contributed by atoms with van der Waals surface area (Å²) < 4.78 is 11.6. The molecule has 1 fully saturated rings. The molecule has 0 aliphatic carbocycles. The number of hydrogen-bond donors (Lipinski definition) is 0. The average molecular weight is 395 g/mol. The van der Waals surface area contributed by atoms with Crippen molar-refractivity contribution in [2.75, 3.05) is 37.7 Å². The number of hydrogen-bond acceptors (Lipinski definition) is 4. The molecule has 1 saturated heterocycles. The van der Waals surface area contributed by atoms with Crippen molar-refractivity contribution in [2.24, 2.45) is 0 Å². The third-order valence-corrected chi connectivity index (χ3v) is 5.73. The van der Waals surface area contributed by atoms with E-state index in [1.165, 1.54) is 32.4 Å². The smallest absolute Gasteiger partial charge is 0.414 e. The highest BCUT2D eigenvalue weighted by Gasteiger charge is 2.28. The summed E-state index contributed by atoms with van der Waals surface area (Å²) >= 11 is 0. The zero-order valence-electron chi connectivity index (χ0n) is 17.0. The van der Waals surface area contributed by atoms with E-state index < -0.39 is 0 Å². The van der Waals surface area contributed by atoms with Crippen molar-refractivity contribution in [2.45, 2.75) is 38.7 Å². The fourth-order valence-corrected chi connectivity index (χ4v) is 4.18. The normalized spacial score (nSPS) is 16.5. The Balaban J connectivity index is 1.29. The lowest BCUT2D eigenvalue weighted by Gasteiger charge is -2.26. The topological polar surface area (TPSA) is 42.0 Å². The second-order valence-electron chi connectivity index (χ2n) is 7.80. The molecule has 2 aromatic carbocycles. The van der Waals surface area contributed by atoms with Crippen LogP contribution in [0.1, 0.15) is 36.8 Å². The molecule has 0 aromatic heterocycles. The van der Waals surface area contributed by atoms with Crippen LogP contribution in [0.3, 0.4) is 0 Å². The molecule has 2 heterocycles. The van der Waals surface area contributed by atoms with Gasteiger partial charge >= 0.3 is 6.09 Å². The number of ether oxygens (including phenoxy) is 2. The van der Waals surface area contributed by atoms with Gasteiger partial charge in [0.2, 0.25) is 0 Å². The maximum Gasteiger partial charge on any atom is 0.414 e. The molecule has 154 valence electrons. The summed E-state index contributed by atoms with van der Waals surface area (Å²) in [6.07, 6.45) is 5.56. The highest BCUT2D eigenvalue weighted by atomic mass is 16.6. The second-order valence-corrected chi connectivity index (χ2v) is 7.80. The van der Waals surface area contributed by atoms with E-state index in [1.807, 2.05) is 48.5 Å². The van der Waals surface area contributed by atoms with Crippen LogP contribution in [-0.2, 0) is 17.8 Å². The van der Waals surface area contributed by atoms with E-state index in [4.69, 9.17) is 9.47 Å². The first-order chi connectivity index (χ1) is 14.3. The molecule has 0 N–H and O–H groups in total. The van der Waals surface area contributed by atoms with Gasteiger partial charge in [0.15, 0.2) is 0 Å². The van der Waals surface area contributed by atoms with Crippen molar-refractivity contribution < 1.29 is 14.3 Å². The first kappa shape index (κ1) is 19.8. The molecular weight excluding hydrogens is 364 g/mol. The van der Waals surface area contributed by atoms with Crippen molar-refractivity contribution in [3.05, 3.63) is 59.7 Å². The van der Waals surface area contributed by atoms with E-state index in [9.17, 15) is 4.79 Å². The molecule has 0 atom stereocenters. The van der Waals surface area contributed by atoms with E-state index in [0.717, 1.165) is 42.0 Å². The Morgan fingerprint density at radius 2 is 1.76 bits per heavy atom. The maximum atomic E-state index is 12.6. The Hall–Kier alpha value is -2.53. The Kier molecular flexibility index (Phi) is 6.67. The van der Waals surface area contributed by atoms with Crippen LogP contribution in [0.2, 0.25) is 0 Å². The van der Waals surface area contributed by atoms with Crippen LogP contribution in [0.15, 0.2) is 48.5 Å². The lowest BCUT2D eigenvalue weighted by atomic mass is 10.1. The Morgan fingerprint density at radius 1 is 0.931 bits per heavy atom. The van der Waals surface area contributed by atoms with Crippen molar-refractivity contribution in [1.29, 1.82) is 0 Å². The lowest BCUT2D eigenvalue weighted by Crippen LogP contribution is -2.31. The van der Waals surface area contributed by atoms with Gasteiger partial charge in [-0.05, 0) is 56.5 Å². The zero-order chi connectivity index (χ0) is 19.9. The number of carbonyl (C=O) groups is 1. The summed E-state index contributed by atoms with van der Waals surface area (Å²) in [6, 6.07) is 15.7. The molecule has 2 aromatic rings. The van der Waals surface area contributed by atoms with Gasteiger partial charge in [-0.25, -0.2) is 4.79 Å². The molecule has 0 spiro atoms. The van der Waals surface area contributed by atoms with E-state index in [0.29, 0.717) is 13.2 Å². The summed E-state index contributed by atoms with van der Waals surface area (Å²) in [6.45, 7) is 5.19. The number of fused-ring (bicyclic) bond motifs is 1. The summed E-state index contributed by atoms with van der Waals surface area (Å²) in [5, 5.41) is 0. The molecule has 0 unspecified atom stereocenters. The first-order valence-electron chi connectivity index (χ1n) is 10.8. The average Bonchev–Trinajstić information content (AvgIpc) is 3.21. The first-order valence-corrected chi connectivity index (χ1v) is 10.8. The number of rotatable bonds is 7. The predicted octanol–water partition coefficient (Wildman–Crippen LogP) is 4.64. The molecule has 0 bridgehead atoms. The quantitative estimate of drug-likeness (QED) is 0.642. The molecule has 4 rings (SSSR count). The molecule has 0 radical (unpaired) electrons. The van der Waals surface area contributed by atoms with Gasteiger partial charge in [-0.2, -0.15) is 0 Å². The van der Waals surface area contributed by atoms with Crippen LogP contribution in [0.4, 0.5) is 10.5 Å². The molecule has 5 heteroatoms. The SMILES string of the molecule is O=C(OCc1ccccc1)N1CCc2c(OCCCN3CCCCC3)cccc21. The highest BCUT2D eigenvalue weighted by Crippen LogP contribution is 2.35. The van der Waals surface area contributed by atoms with E-state index in [1.54, 1.807) is 4.90 Å². The molecular formula is C24H30N2O3. The number of piperidine rings is 1. The second kappa shape index (κ2) is 9.79. The molecule has 29 heavy (non-hydrogen) atoms. The van der Waals surface area contributed by atoms with Gasteiger partial charge in [-0.3, -0.25) is 4.90 Å². The molecule has 2 aliphatic heterocycles. The monoisotopic (exact) mass is 394 g/mol. The lowest BCUT2D eigenvalue weighted by molar-refractivity contribution is 0.147. The summed E-state index contributed by atoms with van der Waals surface area (Å²) in [7, 11) is 0. The predicted molar refractivity (Wildman–Crippen MR) is 115 cm³/mol. The number of benzene rings is 2. The Morgan fingerprint density at radius 3 is 2.59 bits per heavy atom. The Bertz CT molecular complexity index is 803. The third-order valence-electron chi connectivity index (χ3n) is 5.73. The van der Waals surface area contributed by atoms with E-state index >= 15 is 0 Å². The fourth-order valence-electron chi connectivity index (χ4n) is 4.18. The van der Waals surface area contributed by atoms with Crippen molar-refractivity contribution in [3.8, 4) is 5.75 Å². The number of nitrogens with zero attached hydrogens (tertiary/aromatic N) is 2. The van der Waals surface area contributed by atoms with E-state index in [-0.39, 0.29) is 12.7 Å². The molecule has 0 saturated carbocycles. The van der Waals surface area contributed by atoms with Gasteiger partial charge in [-0.15, -0.1) is 0 Å². The maximum absolute atomic E-state index is 12.6. The van der Waals surface area contributed by atoms with Gasteiger partial charge in [-0.1, -0.05) is 42.8 Å². The Labute approximate surface area is 173 Å². The largest absolute Gasteiger partial charge is 0.493 e. The van der Waals surface area contributed by atoms with Crippen molar-refractivity contribution in [3.63, 3.8) is 0 Å². The van der Waals surface area contributed by atoms with Gasteiger partial charge in [0.25, 0.3) is 0 Å². The zero-order valence-corrected chi connectivity index (χ0v) is 17.0.